The summed E-state index contributed by atoms with van der Waals surface area (Å²) >= 11 is 1.59. The van der Waals surface area contributed by atoms with Crippen molar-refractivity contribution in [1.82, 2.24) is 5.32 Å². The molecule has 0 saturated heterocycles. The molecule has 2 heterocycles. The largest absolute Gasteiger partial charge is 0.492 e. The third-order valence-electron chi connectivity index (χ3n) is 2.83. The highest BCUT2D eigenvalue weighted by Gasteiger charge is 2.30. The lowest BCUT2D eigenvalue weighted by Crippen LogP contribution is -2.33. The van der Waals surface area contributed by atoms with E-state index in [2.05, 4.69) is 10.3 Å². The Morgan fingerprint density at radius 1 is 1.47 bits per heavy atom. The molecule has 4 nitrogen and oxygen atoms in total. The maximum atomic E-state index is 12.1. The number of amides is 1. The summed E-state index contributed by atoms with van der Waals surface area (Å²) < 4.78 is 5.49. The molecule has 88 valence electrons. The van der Waals surface area contributed by atoms with Crippen LogP contribution < -0.4 is 10.1 Å². The molecule has 0 spiro atoms. The first-order valence-electron chi connectivity index (χ1n) is 5.54. The number of para-hydroxylation sites is 1. The molecular weight excluding hydrogens is 236 g/mol. The number of carbonyl (C=O) groups excluding carboxylic acids is 1. The van der Waals surface area contributed by atoms with Crippen LogP contribution in [-0.2, 0) is 4.79 Å². The topological polar surface area (TPSA) is 50.7 Å². The van der Waals surface area contributed by atoms with Gasteiger partial charge in [-0.25, -0.2) is 0 Å². The summed E-state index contributed by atoms with van der Waals surface area (Å²) in [5, 5.41) is 3.59. The van der Waals surface area contributed by atoms with E-state index in [4.69, 9.17) is 4.74 Å². The minimum Gasteiger partial charge on any atom is -0.492 e. The summed E-state index contributed by atoms with van der Waals surface area (Å²) in [5.74, 6) is 1.53. The first-order chi connectivity index (χ1) is 8.34. The zero-order chi connectivity index (χ0) is 11.7. The van der Waals surface area contributed by atoms with Gasteiger partial charge in [0.2, 0.25) is 5.91 Å². The fraction of sp³-hybridized carbons (Fsp3) is 0.333. The van der Waals surface area contributed by atoms with Gasteiger partial charge in [-0.15, -0.1) is 0 Å². The molecule has 17 heavy (non-hydrogen) atoms. The second kappa shape index (κ2) is 4.41. The van der Waals surface area contributed by atoms with Gasteiger partial charge in [-0.05, 0) is 6.07 Å². The molecule has 1 amide bonds. The number of thioether (sulfide) groups is 1. The lowest BCUT2D eigenvalue weighted by atomic mass is 10.0. The van der Waals surface area contributed by atoms with E-state index in [1.807, 2.05) is 24.3 Å². The zero-order valence-electron chi connectivity index (χ0n) is 9.18. The highest BCUT2D eigenvalue weighted by molar-refractivity contribution is 8.14. The van der Waals surface area contributed by atoms with Gasteiger partial charge in [0.25, 0.3) is 0 Å². The Kier molecular flexibility index (Phi) is 2.76. The fourth-order valence-corrected chi connectivity index (χ4v) is 2.71. The van der Waals surface area contributed by atoms with Crippen molar-refractivity contribution in [2.75, 3.05) is 18.9 Å². The lowest BCUT2D eigenvalue weighted by molar-refractivity contribution is -0.121. The Labute approximate surface area is 103 Å². The number of nitrogens with zero attached hydrogens (tertiary/aromatic N) is 1. The lowest BCUT2D eigenvalue weighted by Gasteiger charge is -2.09. The zero-order valence-corrected chi connectivity index (χ0v) is 10.00. The molecule has 1 N–H and O–H groups in total. The van der Waals surface area contributed by atoms with Crippen LogP contribution in [0.1, 0.15) is 11.5 Å². The number of nitrogens with one attached hydrogen (secondary N) is 1. The van der Waals surface area contributed by atoms with Crippen LogP contribution in [0.3, 0.4) is 0 Å². The summed E-state index contributed by atoms with van der Waals surface area (Å²) in [4.78, 5) is 16.3. The number of benzene rings is 1. The van der Waals surface area contributed by atoms with Gasteiger partial charge in [0.1, 0.15) is 18.3 Å². The quantitative estimate of drug-likeness (QED) is 0.817. The SMILES string of the molecule is O=C(NC1=NCCS1)[C@H]1COc2ccccc21. The van der Waals surface area contributed by atoms with Crippen molar-refractivity contribution >= 4 is 22.8 Å². The van der Waals surface area contributed by atoms with E-state index in [0.717, 1.165) is 28.8 Å². The molecule has 0 aliphatic carbocycles. The van der Waals surface area contributed by atoms with Gasteiger partial charge >= 0.3 is 0 Å². The fourth-order valence-electron chi connectivity index (χ4n) is 1.98. The molecule has 2 aliphatic heterocycles. The molecule has 2 aliphatic rings. The van der Waals surface area contributed by atoms with Crippen molar-refractivity contribution in [3.05, 3.63) is 29.8 Å². The average Bonchev–Trinajstić information content (AvgIpc) is 2.96. The highest BCUT2D eigenvalue weighted by Crippen LogP contribution is 2.33. The van der Waals surface area contributed by atoms with Crippen LogP contribution in [0.4, 0.5) is 0 Å². The molecule has 5 heteroatoms. The van der Waals surface area contributed by atoms with Crippen LogP contribution >= 0.6 is 11.8 Å². The first-order valence-corrected chi connectivity index (χ1v) is 6.53. The van der Waals surface area contributed by atoms with Gasteiger partial charge in [-0.1, -0.05) is 30.0 Å². The molecular formula is C12H12N2O2S. The Morgan fingerprint density at radius 2 is 2.35 bits per heavy atom. The maximum absolute atomic E-state index is 12.1. The van der Waals surface area contributed by atoms with Crippen LogP contribution in [0.25, 0.3) is 0 Å². The predicted molar refractivity (Wildman–Crippen MR) is 67.6 cm³/mol. The van der Waals surface area contributed by atoms with E-state index < -0.39 is 0 Å². The average molecular weight is 248 g/mol. The van der Waals surface area contributed by atoms with Crippen LogP contribution in [0.15, 0.2) is 29.3 Å². The molecule has 0 unspecified atom stereocenters. The van der Waals surface area contributed by atoms with Crippen molar-refractivity contribution in [1.29, 1.82) is 0 Å². The summed E-state index contributed by atoms with van der Waals surface area (Å²) in [6, 6.07) is 7.67. The smallest absolute Gasteiger partial charge is 0.237 e. The van der Waals surface area contributed by atoms with E-state index in [-0.39, 0.29) is 11.8 Å². The van der Waals surface area contributed by atoms with Crippen LogP contribution in [0, 0.1) is 0 Å². The summed E-state index contributed by atoms with van der Waals surface area (Å²) in [5.41, 5.74) is 0.966. The molecule has 0 aromatic heterocycles. The van der Waals surface area contributed by atoms with E-state index in [1.165, 1.54) is 0 Å². The van der Waals surface area contributed by atoms with Gasteiger partial charge in [-0.3, -0.25) is 9.79 Å². The molecule has 3 rings (SSSR count). The van der Waals surface area contributed by atoms with E-state index in [0.29, 0.717) is 6.61 Å². The molecule has 0 saturated carbocycles. The first kappa shape index (κ1) is 10.7. The van der Waals surface area contributed by atoms with Crippen molar-refractivity contribution in [2.45, 2.75) is 5.92 Å². The summed E-state index contributed by atoms with van der Waals surface area (Å²) in [7, 11) is 0. The van der Waals surface area contributed by atoms with Gasteiger partial charge < -0.3 is 10.1 Å². The Bertz CT molecular complexity index is 487. The number of carbonyl (C=O) groups is 1. The molecule has 1 atom stereocenters. The molecule has 0 radical (unpaired) electrons. The number of hydrogen-bond donors (Lipinski definition) is 1. The van der Waals surface area contributed by atoms with Gasteiger partial charge in [0.15, 0.2) is 5.17 Å². The number of ether oxygens (including phenoxy) is 1. The second-order valence-electron chi connectivity index (χ2n) is 3.93. The number of hydrogen-bond acceptors (Lipinski definition) is 4. The molecule has 1 aromatic rings. The van der Waals surface area contributed by atoms with Crippen molar-refractivity contribution in [2.24, 2.45) is 4.99 Å². The number of amidine groups is 1. The van der Waals surface area contributed by atoms with E-state index in [1.54, 1.807) is 11.8 Å². The molecule has 0 bridgehead atoms. The predicted octanol–water partition coefficient (Wildman–Crippen LogP) is 1.38. The Morgan fingerprint density at radius 3 is 3.18 bits per heavy atom. The van der Waals surface area contributed by atoms with Crippen LogP contribution in [-0.4, -0.2) is 30.0 Å². The molecule has 0 fully saturated rings. The highest BCUT2D eigenvalue weighted by atomic mass is 32.2. The van der Waals surface area contributed by atoms with Crippen LogP contribution in [0.2, 0.25) is 0 Å². The third-order valence-corrected chi connectivity index (χ3v) is 3.72. The van der Waals surface area contributed by atoms with Crippen molar-refractivity contribution in [3.8, 4) is 5.75 Å². The maximum Gasteiger partial charge on any atom is 0.237 e. The van der Waals surface area contributed by atoms with Crippen LogP contribution in [0.5, 0.6) is 5.75 Å². The minimum absolute atomic E-state index is 0.0249. The van der Waals surface area contributed by atoms with E-state index >= 15 is 0 Å². The Balaban J connectivity index is 1.75. The Hall–Kier alpha value is -1.49. The van der Waals surface area contributed by atoms with Gasteiger partial charge in [-0.2, -0.15) is 0 Å². The van der Waals surface area contributed by atoms with Gasteiger partial charge in [0, 0.05) is 11.3 Å². The second-order valence-corrected chi connectivity index (χ2v) is 5.01. The summed E-state index contributed by atoms with van der Waals surface area (Å²) in [6.07, 6.45) is 0. The number of aliphatic imine (C=N–C) groups is 1. The van der Waals surface area contributed by atoms with Crippen molar-refractivity contribution in [3.63, 3.8) is 0 Å². The number of fused-ring (bicyclic) bond motifs is 1. The normalized spacial score (nSPS) is 21.6. The standard InChI is InChI=1S/C12H12N2O2S/c15-11(14-12-13-5-6-17-12)9-7-16-10-4-2-1-3-8(9)10/h1-4,9H,5-7H2,(H,13,14,15)/t9-/m0/s1. The third kappa shape index (κ3) is 2.02. The molecule has 1 aromatic carbocycles. The van der Waals surface area contributed by atoms with Gasteiger partial charge in [0.05, 0.1) is 6.54 Å². The van der Waals surface area contributed by atoms with Crippen molar-refractivity contribution < 1.29 is 9.53 Å². The minimum atomic E-state index is -0.213. The van der Waals surface area contributed by atoms with E-state index in [9.17, 15) is 4.79 Å². The number of rotatable bonds is 1. The monoisotopic (exact) mass is 248 g/mol. The summed E-state index contributed by atoms with van der Waals surface area (Å²) in [6.45, 7) is 1.21.